The summed E-state index contributed by atoms with van der Waals surface area (Å²) in [5, 5.41) is 53.7. The average molecular weight is 1390 g/mol. The minimum absolute atomic E-state index is 0.0207. The first-order chi connectivity index (χ1) is 45.2. The fourth-order valence-corrected chi connectivity index (χ4v) is 15.8. The molecule has 11 rings (SSSR count). The van der Waals surface area contributed by atoms with Gasteiger partial charge in [-0.25, -0.2) is 49.5 Å². The molecule has 2 aliphatic rings. The fourth-order valence-electron chi connectivity index (χ4n) is 10.2. The summed E-state index contributed by atoms with van der Waals surface area (Å²) in [7, 11) is 2.91. The van der Waals surface area contributed by atoms with Crippen LogP contribution in [0.25, 0.3) is 43.4 Å². The van der Waals surface area contributed by atoms with Crippen LogP contribution in [0.15, 0.2) is 74.7 Å². The number of aryl methyl sites for hydroxylation is 1. The van der Waals surface area contributed by atoms with Gasteiger partial charge in [0.25, 0.3) is 17.7 Å². The van der Waals surface area contributed by atoms with Crippen LogP contribution in [0.4, 0.5) is 10.6 Å². The number of benzene rings is 1. The molecule has 0 radical (unpaired) electrons. The number of hydrogen-bond donors (Lipinski definition) is 8. The van der Waals surface area contributed by atoms with Gasteiger partial charge in [-0.2, -0.15) is 0 Å². The topological polar surface area (TPSA) is 395 Å². The number of aromatic carboxylic acids is 1. The van der Waals surface area contributed by atoms with Crippen molar-refractivity contribution in [1.29, 1.82) is 0 Å². The Morgan fingerprint density at radius 2 is 1.43 bits per heavy atom. The van der Waals surface area contributed by atoms with Crippen LogP contribution in [0, 0.1) is 18.8 Å². The summed E-state index contributed by atoms with van der Waals surface area (Å²) in [5.41, 5.74) is 2.20. The molecule has 8 aromatic heterocycles. The highest BCUT2D eigenvalue weighted by Crippen LogP contribution is 2.41. The highest BCUT2D eigenvalue weighted by atomic mass is 32.1. The van der Waals surface area contributed by atoms with Crippen molar-refractivity contribution in [2.24, 2.45) is 11.8 Å². The van der Waals surface area contributed by atoms with Gasteiger partial charge >= 0.3 is 23.9 Å². The van der Waals surface area contributed by atoms with E-state index in [1.807, 2.05) is 13.8 Å². The zero-order chi connectivity index (χ0) is 66.5. The monoisotopic (exact) mass is 1390 g/mol. The summed E-state index contributed by atoms with van der Waals surface area (Å²) < 4.78 is 16.5. The van der Waals surface area contributed by atoms with E-state index in [0.29, 0.717) is 88.7 Å². The van der Waals surface area contributed by atoms with Crippen molar-refractivity contribution >= 4 is 121 Å². The van der Waals surface area contributed by atoms with E-state index in [1.165, 1.54) is 30.9 Å². The van der Waals surface area contributed by atoms with E-state index in [2.05, 4.69) is 31.6 Å². The summed E-state index contributed by atoms with van der Waals surface area (Å²) >= 11 is 6.87. The van der Waals surface area contributed by atoms with E-state index in [4.69, 9.17) is 48.8 Å². The maximum atomic E-state index is 14.4. The Morgan fingerprint density at radius 3 is 2.15 bits per heavy atom. The van der Waals surface area contributed by atoms with Gasteiger partial charge in [-0.05, 0) is 56.2 Å². The Balaban J connectivity index is 0.980. The lowest BCUT2D eigenvalue weighted by Gasteiger charge is -2.28. The number of rotatable bonds is 14. The van der Waals surface area contributed by atoms with E-state index in [0.717, 1.165) is 67.8 Å². The van der Waals surface area contributed by atoms with Gasteiger partial charge in [-0.15, -0.1) is 68.0 Å². The van der Waals surface area contributed by atoms with Crippen molar-refractivity contribution in [2.45, 2.75) is 96.4 Å². The first kappa shape index (κ1) is 66.3. The summed E-state index contributed by atoms with van der Waals surface area (Å²) in [6, 6.07) is 9.13. The van der Waals surface area contributed by atoms with Gasteiger partial charge in [0.2, 0.25) is 11.8 Å². The quantitative estimate of drug-likeness (QED) is 0.0504. The maximum Gasteiger partial charge on any atom is 0.416 e. The predicted molar refractivity (Wildman–Crippen MR) is 346 cm³/mol. The molecule has 1 aromatic carbocycles. The number of carboxylic acid groups (broad SMARTS) is 2. The minimum atomic E-state index is -1.43. The molecule has 0 spiro atoms. The van der Waals surface area contributed by atoms with Gasteiger partial charge in [0, 0.05) is 46.1 Å². The lowest BCUT2D eigenvalue weighted by atomic mass is 9.87. The lowest BCUT2D eigenvalue weighted by Crippen LogP contribution is -2.40. The molecule has 10 bridgehead atoms. The van der Waals surface area contributed by atoms with Crippen LogP contribution in [0.3, 0.4) is 0 Å². The number of aliphatic carboxylic acids is 1. The van der Waals surface area contributed by atoms with Crippen LogP contribution in [0.2, 0.25) is 0 Å². The number of fused-ring (bicyclic) bond motifs is 14. The fraction of sp³-hybridized carbons (Fsp3) is 0.333. The number of methoxy groups -OCH3 is 1. The smallest absolute Gasteiger partial charge is 0.416 e. The van der Waals surface area contributed by atoms with Crippen molar-refractivity contribution in [2.75, 3.05) is 25.6 Å². The number of nitrogens with zero attached hydrogens (tertiary/aromatic N) is 9. The number of carboxylic acids is 2. The largest absolute Gasteiger partial charge is 0.481 e. The molecule has 94 heavy (non-hydrogen) atoms. The molecule has 28 nitrogen and oxygen atoms in total. The molecule has 34 heteroatoms. The molecule has 4 atom stereocenters. The third kappa shape index (κ3) is 14.9. The van der Waals surface area contributed by atoms with Gasteiger partial charge in [-0.3, -0.25) is 33.7 Å². The molecule has 9 heterocycles. The molecule has 0 saturated heterocycles. The number of nitrogens with one attached hydrogen (secondary N) is 5. The van der Waals surface area contributed by atoms with E-state index in [-0.39, 0.29) is 64.8 Å². The van der Waals surface area contributed by atoms with Crippen LogP contribution < -0.4 is 31.5 Å². The number of pyridine rings is 1. The van der Waals surface area contributed by atoms with Crippen molar-refractivity contribution < 1.29 is 67.6 Å². The summed E-state index contributed by atoms with van der Waals surface area (Å²) in [6.07, 6.45) is -0.746. The van der Waals surface area contributed by atoms with E-state index < -0.39 is 96.3 Å². The third-order valence-corrected chi connectivity index (χ3v) is 20.8. The molecule has 1 fully saturated rings. The van der Waals surface area contributed by atoms with Crippen molar-refractivity contribution in [3.63, 3.8) is 0 Å². The second-order valence-electron chi connectivity index (χ2n) is 21.9. The van der Waals surface area contributed by atoms with Crippen LogP contribution in [-0.4, -0.2) is 130 Å². The first-order valence-electron chi connectivity index (χ1n) is 29.0. The van der Waals surface area contributed by atoms with Crippen molar-refractivity contribution in [1.82, 2.24) is 66.5 Å². The highest BCUT2D eigenvalue weighted by Gasteiger charge is 2.35. The lowest BCUT2D eigenvalue weighted by molar-refractivity contribution is -0.143. The average Bonchev–Trinajstić information content (AvgIpc) is 1.63. The number of oxazole rings is 1. The molecular weight excluding hydrogens is 1330 g/mol. The maximum absolute atomic E-state index is 14.4. The molecule has 9 aromatic rings. The van der Waals surface area contributed by atoms with Crippen LogP contribution in [0.1, 0.15) is 148 Å². The summed E-state index contributed by atoms with van der Waals surface area (Å²) in [5.74, 6) is -6.77. The number of carbonyl (C=O) groups excluding carboxylic acids is 6. The number of anilines is 1. The zero-order valence-corrected chi connectivity index (χ0v) is 55.3. The van der Waals surface area contributed by atoms with Gasteiger partial charge in [0.05, 0.1) is 60.4 Å². The normalized spacial score (nSPS) is 18.3. The Kier molecular flexibility index (Phi) is 20.5. The van der Waals surface area contributed by atoms with Crippen LogP contribution in [-0.2, 0) is 37.0 Å². The molecule has 8 N–H and O–H groups in total. The molecule has 1 saturated carbocycles. The van der Waals surface area contributed by atoms with Crippen molar-refractivity contribution in [3.05, 3.63) is 129 Å². The van der Waals surface area contributed by atoms with Gasteiger partial charge in [0.15, 0.2) is 0 Å². The zero-order valence-electron chi connectivity index (χ0n) is 50.4. The number of ether oxygens (including phenoxy) is 2. The molecule has 488 valence electrons. The number of aliphatic hydroxyl groups excluding tert-OH is 1. The van der Waals surface area contributed by atoms with Gasteiger partial charge < -0.3 is 55.8 Å². The predicted octanol–water partition coefficient (Wildman–Crippen LogP) is 8.78. The SMILES string of the molecule is CNC(=O)C[C@@H]1NC(=O)c2csc(n2)-c2ccc(-c3nc(N(Cc4coc(C(=O)O)n4)C(=O)OC4CCC(C(=O)O)CC4)cs3)nc2-c2csc(n2)-c2csc(n2)[C@H]([C@@H](O)c2ccccc2)NC(=O)CNC(=O)c2nc(sc2COC)[C@H](C(C)C)NC(=O)c2nc1sc2C. The molecular formula is C60H58N14O14S6. The van der Waals surface area contributed by atoms with Gasteiger partial charge in [-0.1, -0.05) is 44.2 Å². The molecule has 0 unspecified atom stereocenters. The number of amides is 6. The van der Waals surface area contributed by atoms with Crippen LogP contribution in [0.5, 0.6) is 0 Å². The second-order valence-corrected chi connectivity index (χ2v) is 27.7. The Morgan fingerprint density at radius 1 is 0.713 bits per heavy atom. The number of aliphatic hydroxyl groups is 1. The van der Waals surface area contributed by atoms with Gasteiger partial charge in [0.1, 0.15) is 94.5 Å². The summed E-state index contributed by atoms with van der Waals surface area (Å²) in [4.78, 5) is 148. The Labute approximate surface area is 558 Å². The van der Waals surface area contributed by atoms with Crippen LogP contribution >= 0.6 is 68.0 Å². The Bertz CT molecular complexity index is 4320. The second kappa shape index (κ2) is 29.0. The minimum Gasteiger partial charge on any atom is -0.481 e. The number of hydrogen-bond acceptors (Lipinski definition) is 26. The van der Waals surface area contributed by atoms with E-state index >= 15 is 0 Å². The molecule has 1 aliphatic heterocycles. The number of thiazole rings is 6. The molecule has 1 aliphatic carbocycles. The standard InChI is InChI=1S/C60H58N14O14S6/c1-26(2)42-57-73-45(38(94-57)21-86-5)49(79)62-18-41(76)70-46(47(77)28-9-7-6-8-10-28)56-68-37(24-91-56)54-66-35(22-90-54)44-32(52-67-36(23-89-52)48(78)65-34(17-40(75)61-4)55-72-43(27(3)93-55)50(80)71-42)15-16-33(64-44)53-69-39(25-92-53)74(19-30-20-87-51(63-30)59(83)84)60(85)88-31-13-11-29(12-14-31)58(81)82/h6-10,15-16,20,22-26,29,31,34,42,46-47,77H,11-14,17-19,21H2,1-5H3,(H,61,75)(H,62,79)(H,65,78)(H,70,76)(H,71,80)(H,81,82)(H,83,84)/t29?,31?,34-,42-,46-,47-/m0/s1. The Hall–Kier alpha value is -9.16. The highest BCUT2D eigenvalue weighted by molar-refractivity contribution is 7.15. The summed E-state index contributed by atoms with van der Waals surface area (Å²) in [6.45, 7) is 4.53. The molecule has 6 amide bonds. The number of carbonyl (C=O) groups is 8. The first-order valence-corrected chi connectivity index (χ1v) is 34.2. The van der Waals surface area contributed by atoms with E-state index in [9.17, 15) is 53.7 Å². The van der Waals surface area contributed by atoms with E-state index in [1.54, 1.807) is 65.5 Å². The number of aromatic nitrogens is 8. The third-order valence-electron chi connectivity index (χ3n) is 15.1. The van der Waals surface area contributed by atoms with Crippen molar-refractivity contribution in [3.8, 4) is 43.4 Å².